The summed E-state index contributed by atoms with van der Waals surface area (Å²) in [5.41, 5.74) is 0. The second kappa shape index (κ2) is 50.0. The zero-order chi connectivity index (χ0) is 10.9. The Hall–Kier alpha value is -0.520. The van der Waals surface area contributed by atoms with Crippen molar-refractivity contribution in [2.24, 2.45) is 0 Å². The molecule has 0 bridgehead atoms. The summed E-state index contributed by atoms with van der Waals surface area (Å²) in [6, 6.07) is 0. The number of hydrogen-bond acceptors (Lipinski definition) is 2. The fourth-order valence-corrected chi connectivity index (χ4v) is 0.177. The van der Waals surface area contributed by atoms with Crippen LogP contribution < -0.4 is 5.32 Å². The van der Waals surface area contributed by atoms with Crippen LogP contribution in [0.3, 0.4) is 0 Å². The Morgan fingerprint density at radius 2 is 1.47 bits per heavy atom. The predicted octanol–water partition coefficient (Wildman–Crippen LogP) is 3.57. The van der Waals surface area contributed by atoms with Gasteiger partial charge in [-0.25, -0.2) is 0 Å². The molecule has 2 heteroatoms. The minimum Gasteiger partial charge on any atom is -0.385 e. The van der Waals surface area contributed by atoms with Crippen LogP contribution in [0, 0.1) is 11.8 Å². The maximum absolute atomic E-state index is 4.54. The van der Waals surface area contributed by atoms with Gasteiger partial charge in [0.2, 0.25) is 0 Å². The molecule has 0 aliphatic heterocycles. The van der Waals surface area contributed by atoms with Gasteiger partial charge in [-0.1, -0.05) is 41.0 Å². The van der Waals surface area contributed by atoms with Gasteiger partial charge in [0.1, 0.15) is 0 Å². The summed E-state index contributed by atoms with van der Waals surface area (Å²) >= 11 is 0. The molecule has 0 aromatic heterocycles. The fraction of sp³-hybridized carbons (Fsp3) is 0.846. The van der Waals surface area contributed by atoms with Crippen LogP contribution in [0.1, 0.15) is 49.0 Å². The van der Waals surface area contributed by atoms with Gasteiger partial charge in [-0.3, -0.25) is 0 Å². The molecule has 0 unspecified atom stereocenters. The Morgan fingerprint density at radius 3 is 1.53 bits per heavy atom. The van der Waals surface area contributed by atoms with Crippen molar-refractivity contribution in [1.29, 1.82) is 0 Å². The van der Waals surface area contributed by atoms with Crippen LogP contribution in [-0.2, 0) is 4.74 Å². The molecule has 0 atom stereocenters. The van der Waals surface area contributed by atoms with E-state index in [1.54, 1.807) is 7.11 Å². The Balaban J connectivity index is -0.0000000332. The summed E-state index contributed by atoms with van der Waals surface area (Å²) in [6.07, 6.45) is 1.25. The lowest BCUT2D eigenvalue weighted by molar-refractivity contribution is 0.215. The molecule has 0 amide bonds. The normalized spacial score (nSPS) is 5.73. The lowest BCUT2D eigenvalue weighted by Gasteiger charge is -1.78. The lowest BCUT2D eigenvalue weighted by Crippen LogP contribution is -2.03. The Kier molecular flexibility index (Phi) is 97.6. The van der Waals surface area contributed by atoms with E-state index in [1.165, 1.54) is 6.42 Å². The third-order valence-corrected chi connectivity index (χ3v) is 0.731. The molecule has 0 aromatic carbocycles. The smallest absolute Gasteiger partial charge is 0.0573 e. The van der Waals surface area contributed by atoms with Crippen molar-refractivity contribution in [1.82, 2.24) is 5.32 Å². The quantitative estimate of drug-likeness (QED) is 0.717. The molecule has 2 nitrogen and oxygen atoms in total. The van der Waals surface area contributed by atoms with Gasteiger partial charge in [0.05, 0.1) is 6.54 Å². The molecule has 0 saturated heterocycles. The van der Waals surface area contributed by atoms with E-state index in [2.05, 4.69) is 35.7 Å². The second-order valence-corrected chi connectivity index (χ2v) is 2.24. The van der Waals surface area contributed by atoms with E-state index in [9.17, 15) is 0 Å². The molecular formula is C13H33NO. The number of hydrogen-bond donors (Lipinski definition) is 1. The largest absolute Gasteiger partial charge is 0.385 e. The van der Waals surface area contributed by atoms with Gasteiger partial charge in [0, 0.05) is 13.7 Å². The first-order valence-corrected chi connectivity index (χ1v) is 4.78. The molecule has 0 radical (unpaired) electrons. The van der Waals surface area contributed by atoms with Gasteiger partial charge in [-0.2, -0.15) is 0 Å². The van der Waals surface area contributed by atoms with Crippen molar-refractivity contribution < 1.29 is 4.74 Å². The van der Waals surface area contributed by atoms with Crippen LogP contribution in [0.4, 0.5) is 0 Å². The van der Waals surface area contributed by atoms with Gasteiger partial charge in [-0.05, 0) is 20.9 Å². The zero-order valence-electron chi connectivity index (χ0n) is 10.0. The molecule has 0 saturated carbocycles. The average Bonchev–Trinajstić information content (AvgIpc) is 2.16. The lowest BCUT2D eigenvalue weighted by atomic mass is 10.6. The first-order valence-electron chi connectivity index (χ1n) is 4.78. The van der Waals surface area contributed by atoms with Crippen molar-refractivity contribution in [2.75, 3.05) is 27.3 Å². The Bertz CT molecular complexity index is 101. The molecule has 1 N–H and O–H groups in total. The fourth-order valence-electron chi connectivity index (χ4n) is 0.177. The van der Waals surface area contributed by atoms with Crippen LogP contribution in [0.15, 0.2) is 0 Å². The molecule has 15 heavy (non-hydrogen) atoms. The van der Waals surface area contributed by atoms with Crippen molar-refractivity contribution in [2.45, 2.75) is 49.0 Å². The molecule has 0 aliphatic rings. The molecule has 0 fully saturated rings. The van der Waals surface area contributed by atoms with Crippen molar-refractivity contribution in [3.63, 3.8) is 0 Å². The molecule has 96 valence electrons. The molecule has 0 spiro atoms. The van der Waals surface area contributed by atoms with E-state index in [0.29, 0.717) is 0 Å². The Morgan fingerprint density at radius 1 is 1.13 bits per heavy atom. The summed E-state index contributed by atoms with van der Waals surface area (Å²) in [5.74, 6) is 5.59. The van der Waals surface area contributed by atoms with E-state index in [-0.39, 0.29) is 14.9 Å². The van der Waals surface area contributed by atoms with E-state index < -0.39 is 0 Å². The first kappa shape index (κ1) is 29.3. The van der Waals surface area contributed by atoms with Gasteiger partial charge < -0.3 is 10.1 Å². The summed E-state index contributed by atoms with van der Waals surface area (Å²) in [7, 11) is 3.56. The van der Waals surface area contributed by atoms with E-state index in [4.69, 9.17) is 0 Å². The number of methoxy groups -OCH3 is 1. The topological polar surface area (TPSA) is 21.3 Å². The number of nitrogens with one attached hydrogen (secondary N) is 1. The highest BCUT2D eigenvalue weighted by Crippen LogP contribution is 1.56. The highest BCUT2D eigenvalue weighted by Gasteiger charge is 1.59. The van der Waals surface area contributed by atoms with Crippen molar-refractivity contribution in [3.8, 4) is 11.8 Å². The first-order chi connectivity index (χ1) is 6.24. The second-order valence-electron chi connectivity index (χ2n) is 2.24. The van der Waals surface area contributed by atoms with E-state index in [1.807, 2.05) is 20.9 Å². The van der Waals surface area contributed by atoms with Crippen LogP contribution >= 0.6 is 0 Å². The maximum Gasteiger partial charge on any atom is 0.0573 e. The minimum atomic E-state index is 0. The standard InChI is InChI=1S/C5H9N.C3H8O.C3H8.2CH4/c1-3-4-5-6-2;1-3-4-2;1-3-2;;/h6H,5H2,1-2H3;3H2,1-2H3;3H2,1-2H3;2*1H4. The molecule has 0 rings (SSSR count). The summed E-state index contributed by atoms with van der Waals surface area (Å²) < 4.78 is 4.54. The van der Waals surface area contributed by atoms with Crippen LogP contribution in [0.5, 0.6) is 0 Å². The third kappa shape index (κ3) is 147. The van der Waals surface area contributed by atoms with Crippen molar-refractivity contribution in [3.05, 3.63) is 0 Å². The van der Waals surface area contributed by atoms with Crippen LogP contribution in [-0.4, -0.2) is 27.3 Å². The van der Waals surface area contributed by atoms with E-state index in [0.717, 1.165) is 13.2 Å². The predicted molar refractivity (Wildman–Crippen MR) is 74.4 cm³/mol. The molecule has 0 aliphatic carbocycles. The zero-order valence-corrected chi connectivity index (χ0v) is 10.0. The number of rotatable bonds is 2. The summed E-state index contributed by atoms with van der Waals surface area (Å²) in [6.45, 7) is 9.66. The van der Waals surface area contributed by atoms with Gasteiger partial charge in [0.25, 0.3) is 0 Å². The highest BCUT2D eigenvalue weighted by molar-refractivity contribution is 4.96. The van der Waals surface area contributed by atoms with Gasteiger partial charge in [0.15, 0.2) is 0 Å². The third-order valence-electron chi connectivity index (χ3n) is 0.731. The summed E-state index contributed by atoms with van der Waals surface area (Å²) in [4.78, 5) is 0. The monoisotopic (exact) mass is 219 g/mol. The average molecular weight is 219 g/mol. The molecular weight excluding hydrogens is 186 g/mol. The maximum atomic E-state index is 4.54. The Labute approximate surface area is 98.8 Å². The summed E-state index contributed by atoms with van der Waals surface area (Å²) in [5, 5.41) is 2.90. The van der Waals surface area contributed by atoms with Gasteiger partial charge in [-0.15, -0.1) is 5.92 Å². The highest BCUT2D eigenvalue weighted by atomic mass is 16.5. The molecule has 0 aromatic rings. The van der Waals surface area contributed by atoms with Gasteiger partial charge >= 0.3 is 0 Å². The number of ether oxygens (including phenoxy) is 1. The van der Waals surface area contributed by atoms with Crippen LogP contribution in [0.2, 0.25) is 0 Å². The van der Waals surface area contributed by atoms with E-state index >= 15 is 0 Å². The van der Waals surface area contributed by atoms with Crippen molar-refractivity contribution >= 4 is 0 Å². The SMILES string of the molecule is C.C.CC#CCNC.CCC.CCOC. The minimum absolute atomic E-state index is 0. The van der Waals surface area contributed by atoms with Crippen LogP contribution in [0.25, 0.3) is 0 Å². The molecule has 0 heterocycles.